The number of anilines is 1. The number of benzene rings is 1. The van der Waals surface area contributed by atoms with Gasteiger partial charge >= 0.3 is 0 Å². The Morgan fingerprint density at radius 2 is 2.23 bits per heavy atom. The molecule has 1 aromatic heterocycles. The molecule has 26 heavy (non-hydrogen) atoms. The van der Waals surface area contributed by atoms with Crippen LogP contribution < -0.4 is 15.5 Å². The van der Waals surface area contributed by atoms with Crippen molar-refractivity contribution in [2.24, 2.45) is 10.9 Å². The summed E-state index contributed by atoms with van der Waals surface area (Å²) in [5.74, 6) is 2.92. The van der Waals surface area contributed by atoms with Gasteiger partial charge in [0, 0.05) is 36.8 Å². The van der Waals surface area contributed by atoms with Crippen molar-refractivity contribution in [3.05, 3.63) is 46.1 Å². The van der Waals surface area contributed by atoms with Crippen LogP contribution in [0.4, 0.5) is 5.69 Å². The summed E-state index contributed by atoms with van der Waals surface area (Å²) in [6.45, 7) is 7.45. The number of rotatable bonds is 5. The third-order valence-corrected chi connectivity index (χ3v) is 5.21. The Morgan fingerprint density at radius 3 is 2.92 bits per heavy atom. The van der Waals surface area contributed by atoms with Crippen molar-refractivity contribution in [3.8, 4) is 0 Å². The van der Waals surface area contributed by atoms with Gasteiger partial charge < -0.3 is 20.0 Å². The molecule has 0 spiro atoms. The van der Waals surface area contributed by atoms with E-state index < -0.39 is 0 Å². The maximum atomic E-state index is 5.59. The van der Waals surface area contributed by atoms with Gasteiger partial charge in [-0.25, -0.2) is 4.98 Å². The molecule has 1 unspecified atom stereocenters. The Balaban J connectivity index is 1.45. The highest BCUT2D eigenvalue weighted by Gasteiger charge is 2.23. The number of hydrogen-bond donors (Lipinski definition) is 2. The average Bonchev–Trinajstić information content (AvgIpc) is 3.22. The lowest BCUT2D eigenvalue weighted by Crippen LogP contribution is -2.40. The van der Waals surface area contributed by atoms with E-state index in [0.717, 1.165) is 41.5 Å². The molecular weight excluding hydrogens is 394 g/mol. The highest BCUT2D eigenvalue weighted by atomic mass is 79.9. The summed E-state index contributed by atoms with van der Waals surface area (Å²) in [5, 5.41) is 6.68. The van der Waals surface area contributed by atoms with Gasteiger partial charge in [-0.2, -0.15) is 0 Å². The zero-order valence-electron chi connectivity index (χ0n) is 15.6. The van der Waals surface area contributed by atoms with E-state index in [9.17, 15) is 0 Å². The second-order valence-electron chi connectivity index (χ2n) is 6.64. The van der Waals surface area contributed by atoms with E-state index in [0.29, 0.717) is 18.4 Å². The first-order chi connectivity index (χ1) is 12.5. The van der Waals surface area contributed by atoms with Gasteiger partial charge in [-0.15, -0.1) is 0 Å². The molecule has 0 aliphatic carbocycles. The van der Waals surface area contributed by atoms with E-state index in [1.807, 2.05) is 13.8 Å². The predicted molar refractivity (Wildman–Crippen MR) is 109 cm³/mol. The number of guanidine groups is 1. The standard InChI is InChI=1S/C19H26BrN5O/c1-13-14(2)26-18(24-13)11-23-19(21-3)22-10-15-7-8-25(12-15)17-6-4-5-16(20)9-17/h4-6,9,15H,7-8,10-12H2,1-3H3,(H2,21,22,23). The zero-order valence-corrected chi connectivity index (χ0v) is 17.1. The quantitative estimate of drug-likeness (QED) is 0.574. The van der Waals surface area contributed by atoms with E-state index in [1.165, 1.54) is 12.1 Å². The topological polar surface area (TPSA) is 65.7 Å². The predicted octanol–water partition coefficient (Wildman–Crippen LogP) is 3.25. The van der Waals surface area contributed by atoms with E-state index in [4.69, 9.17) is 4.42 Å². The minimum Gasteiger partial charge on any atom is -0.444 e. The van der Waals surface area contributed by atoms with Gasteiger partial charge in [0.05, 0.1) is 12.2 Å². The Morgan fingerprint density at radius 1 is 1.38 bits per heavy atom. The Bertz CT molecular complexity index is 754. The average molecular weight is 420 g/mol. The summed E-state index contributed by atoms with van der Waals surface area (Å²) in [7, 11) is 1.78. The Labute approximate surface area is 163 Å². The Hall–Kier alpha value is -2.02. The van der Waals surface area contributed by atoms with Crippen LogP contribution in [0.2, 0.25) is 0 Å². The minimum atomic E-state index is 0.531. The summed E-state index contributed by atoms with van der Waals surface area (Å²) in [4.78, 5) is 11.1. The SMILES string of the molecule is CN=C(NCc1nc(C)c(C)o1)NCC1CCN(c2cccc(Br)c2)C1. The molecule has 0 saturated carbocycles. The largest absolute Gasteiger partial charge is 0.444 e. The van der Waals surface area contributed by atoms with Crippen LogP contribution in [0, 0.1) is 19.8 Å². The molecule has 0 bridgehead atoms. The molecule has 2 heterocycles. The number of aryl methyl sites for hydroxylation is 2. The van der Waals surface area contributed by atoms with Gasteiger partial charge in [0.25, 0.3) is 0 Å². The summed E-state index contributed by atoms with van der Waals surface area (Å²) in [5.41, 5.74) is 2.21. The second-order valence-corrected chi connectivity index (χ2v) is 7.55. The molecule has 3 rings (SSSR count). The van der Waals surface area contributed by atoms with E-state index in [1.54, 1.807) is 7.05 Å². The summed E-state index contributed by atoms with van der Waals surface area (Å²) < 4.78 is 6.72. The molecule has 1 aromatic carbocycles. The number of nitrogens with zero attached hydrogens (tertiary/aromatic N) is 3. The molecule has 1 atom stereocenters. The van der Waals surface area contributed by atoms with Crippen LogP contribution in [0.5, 0.6) is 0 Å². The maximum Gasteiger partial charge on any atom is 0.214 e. The van der Waals surface area contributed by atoms with Crippen molar-refractivity contribution < 1.29 is 4.42 Å². The molecule has 2 aromatic rings. The molecule has 0 amide bonds. The fourth-order valence-electron chi connectivity index (χ4n) is 3.14. The molecule has 1 aliphatic heterocycles. The van der Waals surface area contributed by atoms with Gasteiger partial charge in [-0.3, -0.25) is 4.99 Å². The van der Waals surface area contributed by atoms with Gasteiger partial charge in [-0.1, -0.05) is 22.0 Å². The van der Waals surface area contributed by atoms with E-state index >= 15 is 0 Å². The first-order valence-electron chi connectivity index (χ1n) is 8.93. The first kappa shape index (κ1) is 18.8. The lowest BCUT2D eigenvalue weighted by atomic mass is 10.1. The normalized spacial score (nSPS) is 17.6. The Kier molecular flexibility index (Phi) is 6.19. The van der Waals surface area contributed by atoms with Crippen LogP contribution in [0.25, 0.3) is 0 Å². The third-order valence-electron chi connectivity index (χ3n) is 4.72. The molecule has 6 nitrogen and oxygen atoms in total. The van der Waals surface area contributed by atoms with Crippen LogP contribution >= 0.6 is 15.9 Å². The molecule has 2 N–H and O–H groups in total. The minimum absolute atomic E-state index is 0.531. The molecule has 0 radical (unpaired) electrons. The number of nitrogens with one attached hydrogen (secondary N) is 2. The van der Waals surface area contributed by atoms with Crippen molar-refractivity contribution in [2.75, 3.05) is 31.6 Å². The first-order valence-corrected chi connectivity index (χ1v) is 9.72. The molecule has 7 heteroatoms. The summed E-state index contributed by atoms with van der Waals surface area (Å²) in [6, 6.07) is 8.49. The van der Waals surface area contributed by atoms with Gasteiger partial charge in [-0.05, 0) is 44.4 Å². The monoisotopic (exact) mass is 419 g/mol. The van der Waals surface area contributed by atoms with Crippen molar-refractivity contribution in [3.63, 3.8) is 0 Å². The lowest BCUT2D eigenvalue weighted by Gasteiger charge is -2.19. The fourth-order valence-corrected chi connectivity index (χ4v) is 3.53. The summed E-state index contributed by atoms with van der Waals surface area (Å²) in [6.07, 6.45) is 1.18. The number of oxazole rings is 1. The lowest BCUT2D eigenvalue weighted by molar-refractivity contribution is 0.463. The van der Waals surface area contributed by atoms with Crippen molar-refractivity contribution in [1.29, 1.82) is 0 Å². The summed E-state index contributed by atoms with van der Waals surface area (Å²) >= 11 is 3.55. The number of aliphatic imine (C=N–C) groups is 1. The molecule has 1 aliphatic rings. The fraction of sp³-hybridized carbons (Fsp3) is 0.474. The molecule has 1 fully saturated rings. The van der Waals surface area contributed by atoms with Crippen LogP contribution in [-0.2, 0) is 6.54 Å². The second kappa shape index (κ2) is 8.58. The smallest absolute Gasteiger partial charge is 0.214 e. The van der Waals surface area contributed by atoms with Crippen molar-refractivity contribution >= 4 is 27.6 Å². The highest BCUT2D eigenvalue weighted by Crippen LogP contribution is 2.25. The van der Waals surface area contributed by atoms with Crippen LogP contribution in [0.1, 0.15) is 23.8 Å². The molecule has 140 valence electrons. The highest BCUT2D eigenvalue weighted by molar-refractivity contribution is 9.10. The van der Waals surface area contributed by atoms with Crippen molar-refractivity contribution in [1.82, 2.24) is 15.6 Å². The van der Waals surface area contributed by atoms with Crippen LogP contribution in [-0.4, -0.2) is 37.6 Å². The third kappa shape index (κ3) is 4.78. The number of halogens is 1. The van der Waals surface area contributed by atoms with Crippen LogP contribution in [0.3, 0.4) is 0 Å². The molecule has 1 saturated heterocycles. The number of aromatic nitrogens is 1. The molecular formula is C19H26BrN5O. The van der Waals surface area contributed by atoms with E-state index in [2.05, 4.69) is 65.7 Å². The number of hydrogen-bond acceptors (Lipinski definition) is 4. The van der Waals surface area contributed by atoms with Crippen molar-refractivity contribution in [2.45, 2.75) is 26.8 Å². The zero-order chi connectivity index (χ0) is 18.5. The maximum absolute atomic E-state index is 5.59. The van der Waals surface area contributed by atoms with Gasteiger partial charge in [0.15, 0.2) is 5.96 Å². The van der Waals surface area contributed by atoms with Gasteiger partial charge in [0.1, 0.15) is 5.76 Å². The van der Waals surface area contributed by atoms with E-state index in [-0.39, 0.29) is 0 Å². The van der Waals surface area contributed by atoms with Crippen LogP contribution in [0.15, 0.2) is 38.1 Å². The van der Waals surface area contributed by atoms with Gasteiger partial charge in [0.2, 0.25) is 5.89 Å².